The topological polar surface area (TPSA) is 6.48 Å². The molecule has 100 valence electrons. The zero-order valence-corrected chi connectivity index (χ0v) is 14.2. The van der Waals surface area contributed by atoms with E-state index in [-0.39, 0.29) is 5.41 Å². The van der Waals surface area contributed by atoms with Crippen LogP contribution < -0.4 is 0 Å². The molecule has 0 aromatic carbocycles. The van der Waals surface area contributed by atoms with Crippen molar-refractivity contribution in [1.82, 2.24) is 9.80 Å². The van der Waals surface area contributed by atoms with Gasteiger partial charge in [-0.15, -0.1) is 0 Å². The van der Waals surface area contributed by atoms with Gasteiger partial charge in [0.2, 0.25) is 0 Å². The zero-order valence-electron chi connectivity index (χ0n) is 11.3. The monoisotopic (exact) mass is 370 g/mol. The summed E-state index contributed by atoms with van der Waals surface area (Å²) in [5, 5.41) is 0. The van der Waals surface area contributed by atoms with Crippen LogP contribution in [0.2, 0.25) is 0 Å². The average Bonchev–Trinajstić information content (AvgIpc) is 2.28. The molecule has 2 aliphatic rings. The number of nitrogens with zero attached hydrogens (tertiary/aromatic N) is 2. The maximum atomic E-state index is 6.68. The normalized spacial score (nSPS) is 37.4. The summed E-state index contributed by atoms with van der Waals surface area (Å²) in [6.07, 6.45) is 2.45. The van der Waals surface area contributed by atoms with Gasteiger partial charge in [-0.2, -0.15) is 0 Å². The van der Waals surface area contributed by atoms with E-state index in [9.17, 15) is 0 Å². The first kappa shape index (κ1) is 14.1. The second-order valence-corrected chi connectivity index (χ2v) is 12.1. The summed E-state index contributed by atoms with van der Waals surface area (Å²) in [4.78, 5) is 7.40. The van der Waals surface area contributed by atoms with Crippen LogP contribution in [0.15, 0.2) is 10.2 Å². The summed E-state index contributed by atoms with van der Waals surface area (Å²) in [7, 11) is 2.21. The first-order valence-electron chi connectivity index (χ1n) is 6.25. The standard InChI is InChI=1S/C13H24ClIN2/c1-13(2)11(5-6-15(3)12(13)14)17-9-7-16(4)8-10-17/h5-6,11-12H,7-10H2,1-4H3. The number of likely N-dealkylation sites (N-methyl/N-ethyl adjacent to an activating group) is 1. The van der Waals surface area contributed by atoms with Crippen LogP contribution in [0.25, 0.3) is 0 Å². The third-order valence-electron chi connectivity index (χ3n) is 4.01. The number of hydrogen-bond donors (Lipinski definition) is 0. The van der Waals surface area contributed by atoms with Gasteiger partial charge in [0.25, 0.3) is 0 Å². The Labute approximate surface area is 118 Å². The van der Waals surface area contributed by atoms with Crippen molar-refractivity contribution in [2.45, 2.75) is 23.3 Å². The predicted molar refractivity (Wildman–Crippen MR) is 85.4 cm³/mol. The van der Waals surface area contributed by atoms with Crippen molar-refractivity contribution in [2.24, 2.45) is 5.41 Å². The summed E-state index contributed by atoms with van der Waals surface area (Å²) in [5.41, 5.74) is 0.228. The Morgan fingerprint density at radius 1 is 1.24 bits per heavy atom. The molecule has 2 atom stereocenters. The maximum absolute atomic E-state index is 6.68. The molecule has 1 fully saturated rings. The molecule has 0 amide bonds. The van der Waals surface area contributed by atoms with Crippen LogP contribution in [0.3, 0.4) is 0 Å². The van der Waals surface area contributed by atoms with Gasteiger partial charge in [0.05, 0.1) is 0 Å². The van der Waals surface area contributed by atoms with E-state index in [2.05, 4.69) is 45.8 Å². The first-order chi connectivity index (χ1) is 7.93. The van der Waals surface area contributed by atoms with Crippen molar-refractivity contribution in [2.75, 3.05) is 38.2 Å². The molecule has 0 bridgehead atoms. The van der Waals surface area contributed by atoms with Crippen LogP contribution in [-0.4, -0.2) is 57.4 Å². The van der Waals surface area contributed by atoms with Crippen LogP contribution >= 0.6 is 31.4 Å². The zero-order chi connectivity index (χ0) is 12.6. The van der Waals surface area contributed by atoms with Crippen molar-refractivity contribution >= 4 is 31.4 Å². The van der Waals surface area contributed by atoms with Crippen molar-refractivity contribution in [1.29, 1.82) is 0 Å². The number of halogens is 2. The molecule has 0 radical (unpaired) electrons. The molecule has 17 heavy (non-hydrogen) atoms. The van der Waals surface area contributed by atoms with Crippen LogP contribution in [0.4, 0.5) is 0 Å². The fourth-order valence-corrected chi connectivity index (χ4v) is 7.57. The second kappa shape index (κ2) is 5.35. The van der Waals surface area contributed by atoms with Crippen LogP contribution in [0.5, 0.6) is 0 Å². The van der Waals surface area contributed by atoms with Gasteiger partial charge in [0.15, 0.2) is 0 Å². The molecule has 2 heterocycles. The fraction of sp³-hybridized carbons (Fsp3) is 0.846. The molecule has 0 aliphatic carbocycles. The van der Waals surface area contributed by atoms with Crippen LogP contribution in [0, 0.1) is 5.41 Å². The van der Waals surface area contributed by atoms with Gasteiger partial charge in [0, 0.05) is 0 Å². The van der Waals surface area contributed by atoms with E-state index in [0.29, 0.717) is 9.43 Å². The molecule has 0 spiro atoms. The Hall–Kier alpha value is 0.680. The Balaban J connectivity index is 2.12. The Kier molecular flexibility index (Phi) is 4.44. The van der Waals surface area contributed by atoms with Gasteiger partial charge in [-0.3, -0.25) is 0 Å². The Bertz CT molecular complexity index is 298. The van der Waals surface area contributed by atoms with Gasteiger partial charge >= 0.3 is 118 Å². The van der Waals surface area contributed by atoms with E-state index in [1.165, 1.54) is 26.2 Å². The summed E-state index contributed by atoms with van der Waals surface area (Å²) in [6.45, 7) is 9.42. The average molecular weight is 371 g/mol. The van der Waals surface area contributed by atoms with Gasteiger partial charge in [-0.1, -0.05) is 0 Å². The quantitative estimate of drug-likeness (QED) is 0.517. The predicted octanol–water partition coefficient (Wildman–Crippen LogP) is 2.86. The van der Waals surface area contributed by atoms with E-state index < -0.39 is 19.8 Å². The number of alkyl halides is 3. The van der Waals surface area contributed by atoms with E-state index in [0.717, 1.165) is 0 Å². The number of rotatable bonds is 1. The first-order valence-corrected chi connectivity index (χ1v) is 11.3. The molecule has 0 saturated carbocycles. The molecular formula is C13H24ClIN2. The van der Waals surface area contributed by atoms with Crippen molar-refractivity contribution in [3.63, 3.8) is 0 Å². The van der Waals surface area contributed by atoms with Crippen molar-refractivity contribution in [3.05, 3.63) is 10.2 Å². The Morgan fingerprint density at radius 2 is 1.82 bits per heavy atom. The third kappa shape index (κ3) is 2.82. The number of hydrogen-bond acceptors (Lipinski definition) is 2. The van der Waals surface area contributed by atoms with Gasteiger partial charge < -0.3 is 0 Å². The van der Waals surface area contributed by atoms with E-state index in [1.807, 2.05) is 0 Å². The minimum atomic E-state index is -1.04. The van der Waals surface area contributed by atoms with Gasteiger partial charge in [-0.05, 0) is 0 Å². The third-order valence-corrected chi connectivity index (χ3v) is 11.2. The summed E-state index contributed by atoms with van der Waals surface area (Å²) in [6, 6.07) is 0.534. The minimum absolute atomic E-state index is 0.228. The van der Waals surface area contributed by atoms with Gasteiger partial charge in [-0.25, -0.2) is 0 Å². The molecule has 2 nitrogen and oxygen atoms in total. The molecule has 0 aromatic heterocycles. The molecule has 1 saturated heterocycles. The van der Waals surface area contributed by atoms with Crippen LogP contribution in [0.1, 0.15) is 13.8 Å². The van der Waals surface area contributed by atoms with Crippen molar-refractivity contribution in [3.8, 4) is 0 Å². The van der Waals surface area contributed by atoms with Gasteiger partial charge in [0.1, 0.15) is 0 Å². The van der Waals surface area contributed by atoms with Crippen LogP contribution in [-0.2, 0) is 0 Å². The molecule has 2 rings (SSSR count). The number of piperazine rings is 1. The molecule has 2 aliphatic heterocycles. The molecule has 0 aromatic rings. The molecular weight excluding hydrogens is 347 g/mol. The molecule has 0 N–H and O–H groups in total. The van der Waals surface area contributed by atoms with E-state index >= 15 is 0 Å². The second-order valence-electron chi connectivity index (χ2n) is 5.79. The Morgan fingerprint density at radius 3 is 2.41 bits per heavy atom. The van der Waals surface area contributed by atoms with E-state index in [4.69, 9.17) is 11.6 Å². The summed E-state index contributed by atoms with van der Waals surface area (Å²) < 4.78 is 2.84. The fourth-order valence-electron chi connectivity index (χ4n) is 2.76. The molecule has 4 heteroatoms. The SMILES string of the molecule is CN1CCN(C2C=CI(C)C(Cl)C2(C)C)CC1. The van der Waals surface area contributed by atoms with Crippen molar-refractivity contribution < 1.29 is 0 Å². The summed E-state index contributed by atoms with van der Waals surface area (Å²) in [5.74, 6) is 0. The molecule has 2 unspecified atom stereocenters. The summed E-state index contributed by atoms with van der Waals surface area (Å²) >= 11 is 5.64. The van der Waals surface area contributed by atoms with E-state index in [1.54, 1.807) is 0 Å².